The first-order valence-corrected chi connectivity index (χ1v) is 45.1. The first kappa shape index (κ1) is 108. The molecule has 125 heavy (non-hydrogen) atoms. The second-order valence-corrected chi connectivity index (χ2v) is 39.3. The van der Waals surface area contributed by atoms with Crippen LogP contribution in [0.25, 0.3) is 11.2 Å². The Labute approximate surface area is 837 Å². The summed E-state index contributed by atoms with van der Waals surface area (Å²) in [4.78, 5) is 68.9. The monoisotopic (exact) mass is 2680 g/mol. The second kappa shape index (κ2) is 51.0. The number of hydroxylamine groups is 7. The molecule has 12 aliphatic rings. The van der Waals surface area contributed by atoms with Crippen molar-refractivity contribution in [2.75, 3.05) is 120 Å². The summed E-state index contributed by atoms with van der Waals surface area (Å²) in [5, 5.41) is 43.5. The molecule has 0 saturated carbocycles. The summed E-state index contributed by atoms with van der Waals surface area (Å²) in [6, 6.07) is 21.7. The number of nitrogens with zero attached hydrogens (tertiary/aromatic N) is 6. The van der Waals surface area contributed by atoms with E-state index in [1.807, 2.05) is 46.7 Å². The van der Waals surface area contributed by atoms with Gasteiger partial charge in [0.05, 0.1) is 131 Å². The molecule has 698 valence electrons. The molecule has 38 heteroatoms. The van der Waals surface area contributed by atoms with Gasteiger partial charge in [0.25, 0.3) is 13.9 Å². The molecule has 0 spiro atoms. The average molecular weight is 2680 g/mol. The van der Waals surface area contributed by atoms with Crippen LogP contribution >= 0.6 is 0 Å². The van der Waals surface area contributed by atoms with Gasteiger partial charge in [-0.25, -0.2) is 10.5 Å². The molecule has 0 unspecified atom stereocenters. The van der Waals surface area contributed by atoms with Gasteiger partial charge in [0.1, 0.15) is 30.8 Å². The number of aromatic nitrogens is 4. The predicted molar refractivity (Wildman–Crippen MR) is 448 cm³/mol. The molecule has 24 atom stereocenters. The number of carbonyl (C=O) groups is 2. The maximum absolute atomic E-state index is 12.3. The molecule has 33 nitrogen and oxygen atoms in total. The summed E-state index contributed by atoms with van der Waals surface area (Å²) < 4.78 is 91.9. The fourth-order valence-electron chi connectivity index (χ4n) is 18.1. The maximum atomic E-state index is 12.3. The van der Waals surface area contributed by atoms with Crippen LogP contribution in [-0.4, -0.2) is 299 Å². The van der Waals surface area contributed by atoms with E-state index >= 15 is 0 Å². The van der Waals surface area contributed by atoms with Crippen LogP contribution in [0.2, 0.25) is 5.04 Å². The fraction of sp³-hybridized carbons (Fsp3) is 0.736. The quantitative estimate of drug-likeness (QED) is 0.0125. The second-order valence-electron chi connectivity index (χ2n) is 35.1. The van der Waals surface area contributed by atoms with Crippen LogP contribution in [0.1, 0.15) is 148 Å². The summed E-state index contributed by atoms with van der Waals surface area (Å²) in [5.41, 5.74) is 1.09. The van der Waals surface area contributed by atoms with Crippen LogP contribution in [0.3, 0.4) is 0 Å². The molecule has 12 aliphatic heterocycles. The molecule has 12 saturated heterocycles. The first-order valence-electron chi connectivity index (χ1n) is 44.3. The number of anilines is 1. The Balaban J connectivity index is 0.000000223. The topological polar surface area (TPSA) is 369 Å². The third-order valence-electron chi connectivity index (χ3n) is 25.8. The van der Waals surface area contributed by atoms with E-state index in [2.05, 4.69) is 140 Å². The zero-order chi connectivity index (χ0) is 88.6. The van der Waals surface area contributed by atoms with Gasteiger partial charge in [-0.05, 0) is 91.2 Å². The number of amides is 1. The van der Waals surface area contributed by atoms with Gasteiger partial charge in [-0.3, -0.25) is 43.8 Å². The molecule has 12 fully saturated rings. The number of aldehydes is 1. The van der Waals surface area contributed by atoms with Crippen LogP contribution in [-0.2, 0) is 90.2 Å². The largest absolute Gasteiger partial charge is 0.543 e. The number of hydrogen-bond donors (Lipinski definition) is 7. The zero-order valence-corrected chi connectivity index (χ0v) is 93.2. The van der Waals surface area contributed by atoms with Gasteiger partial charge in [-0.15, -0.1) is 0 Å². The zero-order valence-electron chi connectivity index (χ0n) is 77.5. The molecule has 2 aromatic heterocycles. The number of nitrogens with one attached hydrogen (secondary N) is 3. The van der Waals surface area contributed by atoms with Gasteiger partial charge in [0.15, 0.2) is 11.2 Å². The minimum absolute atomic E-state index is 0. The van der Waals surface area contributed by atoms with Crippen molar-refractivity contribution in [3.63, 3.8) is 0 Å². The molecular formula is C87H137N9O24SiU4-4. The predicted octanol–water partition coefficient (Wildman–Crippen LogP) is 6.12. The average Bonchev–Trinajstić information content (AvgIpc) is 1.73. The molecule has 0 radical (unpaired) electrons. The fourth-order valence-corrected chi connectivity index (χ4v) is 22.8. The van der Waals surface area contributed by atoms with Crippen molar-refractivity contribution in [2.24, 2.45) is 35.5 Å². The Kier molecular flexibility index (Phi) is 44.0. The van der Waals surface area contributed by atoms with E-state index in [1.54, 1.807) is 61.7 Å². The molecule has 7 N–H and O–H groups in total. The van der Waals surface area contributed by atoms with E-state index in [1.165, 1.54) is 17.5 Å². The van der Waals surface area contributed by atoms with Crippen molar-refractivity contribution in [3.8, 4) is 0 Å². The number of aromatic amines is 1. The number of ether oxygens (including phenoxy) is 12. The summed E-state index contributed by atoms with van der Waals surface area (Å²) in [5.74, 6) is 0.253. The third kappa shape index (κ3) is 26.4. The number of benzene rings is 2. The van der Waals surface area contributed by atoms with Crippen molar-refractivity contribution < 1.29 is 236 Å². The first-order chi connectivity index (χ1) is 59.0. The molecule has 2 aromatic carbocycles. The Morgan fingerprint density at radius 2 is 1.16 bits per heavy atom. The standard InChI is InChI=1S/C32H46NO5Si.C16H24N6O4.C15H26NO6.C15H26NO5.C8H11O3.CH4O.4U/c1-7-24-19-28(30(37-24)22-36-33(6)20-27-29-21-35-32(27,8-2)23-34-29)38-39(31(3,4)5,25-15-11-9-12-16-25)26-17-13-10-14-18-26;1-8(2)14(23)20-16-19-13-12(15(24)21-16)18-7-22(13)11-5-9(3)10(26-11)6-25-17-4;1-3-10-4-12(18)14(22-10)7-21-16(2)5-11-13-6-20-15(11,8-17)9-19-13;1-4-10-5-12(17)14(21-10)8-20-16(3)6-11-13-7-19-15(11,2)9-18-13;1-2-8-5-10-7(4-11-8)6(8)3-9;1-2;;;;/h9-18,21,24,27-30H,7-8,19-20,22-23H2,1-6H3;7-11,17H,5-6H2,1-4H3,(H2,19,20,21,23,24);6,10-14,17-18H,3-5,7-9H2,1-2H3;7,10-14,17H,4-6,8-9H2,1-3H3;3-4,6-7H,2,5H2,1H3;2H,1H3;;;;/q-1;;3*-1;;;;;/t24-,27-,28-,29-,30+,32-;9-,10+,11+;2*10-,11-,12-,13-,14+,15-;6-,7-,8-;;;;;/m00000...../s1/i;;;2D;;2T;;;;. The maximum Gasteiger partial charge on any atom is 0.280 e. The van der Waals surface area contributed by atoms with Crippen LogP contribution < -0.4 is 26.7 Å². The molecular weight excluding hydrogens is 2540 g/mol. The van der Waals surface area contributed by atoms with Crippen LogP contribution in [0.15, 0.2) is 71.8 Å². The molecule has 0 aliphatic carbocycles. The minimum atomic E-state index is -2.70. The number of imidazole rings is 1. The molecule has 16 rings (SSSR count). The summed E-state index contributed by atoms with van der Waals surface area (Å²) in [6.45, 7) is 35.6. The van der Waals surface area contributed by atoms with Crippen LogP contribution in [0, 0.1) is 186 Å². The molecule has 8 bridgehead atoms. The van der Waals surface area contributed by atoms with Gasteiger partial charge in [-0.2, -0.15) is 46.6 Å². The number of rotatable bonds is 32. The molecule has 14 heterocycles. The van der Waals surface area contributed by atoms with Crippen molar-refractivity contribution in [1.29, 1.82) is 1.43 Å². The number of aliphatic hydroxyl groups excluding tert-OH is 4. The normalized spacial score (nSPS) is 34.4. The van der Waals surface area contributed by atoms with E-state index in [4.69, 9.17) is 83.4 Å². The van der Waals surface area contributed by atoms with Gasteiger partial charge in [0, 0.05) is 230 Å². The molecule has 1 amide bonds. The Morgan fingerprint density at radius 3 is 1.61 bits per heavy atom. The van der Waals surface area contributed by atoms with Crippen molar-refractivity contribution in [1.82, 2.24) is 40.2 Å². The van der Waals surface area contributed by atoms with Crippen molar-refractivity contribution in [3.05, 3.63) is 104 Å². The summed E-state index contributed by atoms with van der Waals surface area (Å²) >= 11 is 0. The third-order valence-corrected chi connectivity index (χ3v) is 30.8. The van der Waals surface area contributed by atoms with E-state index in [0.29, 0.717) is 84.4 Å². The van der Waals surface area contributed by atoms with Gasteiger partial charge < -0.3 is 86.5 Å². The SMILES string of the molecule is CC[C@@]12CO[C@@H]([CH-]O1)[C@@H]2C=O.CC[C@H]1C[C@H](O)[C@@H](CON(C)C[C@H]2[C@@H]3[CH-]O[C@@]2(CO)CO3)O1.CC[C@H]1C[C@H](O[Si](c2ccccc2)(c2ccccc2)C(C)(C)C)[C@@H](CON(C)C[C@H]2[C@@H]3[CH-]O[C@@]2(CC)CO3)O1.CNOC[C@H]1O[C@@H](n2cnc3c(=O)[nH]c(NC(=O)C(C)C)nc32)C[C@@H]1C.[2H]C[C@@]12CO[C@@H]([CH-]O1)[C@@H]2CN(C)OC[C@H]1O[C@@H](CC)C[C@@H]1O.[3H]OC.[U].[U].[U].[U]. The number of aliphatic hydroxyl groups is 4. The van der Waals surface area contributed by atoms with Gasteiger partial charge in [-0.1, -0.05) is 137 Å². The van der Waals surface area contributed by atoms with E-state index in [-0.39, 0.29) is 287 Å². The van der Waals surface area contributed by atoms with Crippen molar-refractivity contribution in [2.45, 2.75) is 260 Å². The number of hydrogen-bond acceptors (Lipinski definition) is 30. The van der Waals surface area contributed by atoms with E-state index < -0.39 is 37.3 Å². The van der Waals surface area contributed by atoms with Gasteiger partial charge >= 0.3 is 0 Å². The number of carbonyl (C=O) groups excluding carboxylic acids is 2. The molecule has 4 aromatic rings. The summed E-state index contributed by atoms with van der Waals surface area (Å²) in [6.07, 6.45) is 8.13. The Hall–Kier alpha value is -0.645. The van der Waals surface area contributed by atoms with E-state index in [0.717, 1.165) is 57.8 Å². The summed E-state index contributed by atoms with van der Waals surface area (Å²) in [7, 11) is 5.99. The minimum Gasteiger partial charge on any atom is -0.543 e. The van der Waals surface area contributed by atoms with Gasteiger partial charge in [0.2, 0.25) is 13.3 Å². The van der Waals surface area contributed by atoms with Crippen LogP contribution in [0.5, 0.6) is 0 Å². The number of H-pyrrole nitrogens is 1. The van der Waals surface area contributed by atoms with Crippen LogP contribution in [0.4, 0.5) is 5.95 Å². The number of fused-ring (bicyclic) bond motifs is 9. The van der Waals surface area contributed by atoms with Crippen molar-refractivity contribution >= 4 is 48.0 Å². The smallest absolute Gasteiger partial charge is 0.280 e. The van der Waals surface area contributed by atoms with E-state index in [9.17, 15) is 29.7 Å². The Morgan fingerprint density at radius 1 is 0.688 bits per heavy atom. The Bertz CT molecular complexity index is 3830.